The summed E-state index contributed by atoms with van der Waals surface area (Å²) in [5, 5.41) is 5.35. The molecule has 2 N–H and O–H groups in total. The smallest absolute Gasteiger partial charge is 0.317 e. The summed E-state index contributed by atoms with van der Waals surface area (Å²) in [6.07, 6.45) is 2.33. The van der Waals surface area contributed by atoms with Crippen LogP contribution < -0.4 is 20.1 Å². The molecule has 0 saturated carbocycles. The molecule has 0 atom stereocenters. The average molecular weight is 321 g/mol. The van der Waals surface area contributed by atoms with Crippen LogP contribution >= 0.6 is 0 Å². The molecule has 0 radical (unpaired) electrons. The van der Waals surface area contributed by atoms with Crippen molar-refractivity contribution in [2.24, 2.45) is 0 Å². The van der Waals surface area contributed by atoms with E-state index in [0.29, 0.717) is 31.0 Å². The first-order valence-corrected chi connectivity index (χ1v) is 7.76. The van der Waals surface area contributed by atoms with Crippen LogP contribution in [0.25, 0.3) is 0 Å². The molecule has 2 rings (SSSR count). The predicted octanol–water partition coefficient (Wildman–Crippen LogP) is 1.34. The lowest BCUT2D eigenvalue weighted by molar-refractivity contribution is -0.127. The molecule has 7 heteroatoms. The number of nitrogens with one attached hydrogen (secondary N) is 2. The third-order valence-electron chi connectivity index (χ3n) is 3.59. The van der Waals surface area contributed by atoms with Crippen LogP contribution in [0.1, 0.15) is 19.3 Å². The normalized spacial score (nSPS) is 13.8. The molecule has 1 aliphatic rings. The summed E-state index contributed by atoms with van der Waals surface area (Å²) in [7, 11) is 1.56. The Labute approximate surface area is 135 Å². The Balaban J connectivity index is 1.57. The fraction of sp³-hybridized carbons (Fsp3) is 0.500. The standard InChI is InChI=1S/C16H23N3O4/c1-22-13-6-2-3-7-14(13)23-12-18-16(21)17-9-5-11-19-10-4-8-15(19)20/h2-3,6-7H,4-5,8-12H2,1H3,(H2,17,18,21). The molecule has 23 heavy (non-hydrogen) atoms. The largest absolute Gasteiger partial charge is 0.493 e. The third kappa shape index (κ3) is 5.36. The second kappa shape index (κ2) is 8.87. The summed E-state index contributed by atoms with van der Waals surface area (Å²) >= 11 is 0. The van der Waals surface area contributed by atoms with Gasteiger partial charge in [0, 0.05) is 26.1 Å². The van der Waals surface area contributed by atoms with Crippen molar-refractivity contribution in [3.8, 4) is 11.5 Å². The van der Waals surface area contributed by atoms with Gasteiger partial charge in [-0.25, -0.2) is 4.79 Å². The van der Waals surface area contributed by atoms with Crippen molar-refractivity contribution in [1.82, 2.24) is 15.5 Å². The highest BCUT2D eigenvalue weighted by Gasteiger charge is 2.18. The number of urea groups is 1. The summed E-state index contributed by atoms with van der Waals surface area (Å²) in [6, 6.07) is 6.93. The average Bonchev–Trinajstić information content (AvgIpc) is 2.97. The van der Waals surface area contributed by atoms with Crippen molar-refractivity contribution in [2.75, 3.05) is 33.5 Å². The summed E-state index contributed by atoms with van der Waals surface area (Å²) < 4.78 is 10.6. The van der Waals surface area contributed by atoms with E-state index in [0.717, 1.165) is 19.4 Å². The zero-order chi connectivity index (χ0) is 16.5. The van der Waals surface area contributed by atoms with Gasteiger partial charge in [-0.3, -0.25) is 4.79 Å². The molecule has 1 heterocycles. The van der Waals surface area contributed by atoms with Crippen molar-refractivity contribution in [3.63, 3.8) is 0 Å². The lowest BCUT2D eigenvalue weighted by Gasteiger charge is -2.15. The number of ether oxygens (including phenoxy) is 2. The van der Waals surface area contributed by atoms with Gasteiger partial charge in [0.1, 0.15) is 0 Å². The molecule has 0 bridgehead atoms. The molecule has 1 fully saturated rings. The lowest BCUT2D eigenvalue weighted by atomic mass is 10.3. The van der Waals surface area contributed by atoms with E-state index < -0.39 is 0 Å². The molecule has 7 nitrogen and oxygen atoms in total. The number of amides is 3. The Morgan fingerprint density at radius 2 is 2.04 bits per heavy atom. The molecule has 1 aromatic rings. The van der Waals surface area contributed by atoms with Crippen LogP contribution in [0.2, 0.25) is 0 Å². The number of hydrogen-bond acceptors (Lipinski definition) is 4. The molecule has 1 saturated heterocycles. The van der Waals surface area contributed by atoms with Crippen molar-refractivity contribution in [2.45, 2.75) is 19.3 Å². The van der Waals surface area contributed by atoms with E-state index in [4.69, 9.17) is 9.47 Å². The van der Waals surface area contributed by atoms with E-state index in [1.54, 1.807) is 19.2 Å². The number of likely N-dealkylation sites (tertiary alicyclic amines) is 1. The van der Waals surface area contributed by atoms with Gasteiger partial charge in [-0.1, -0.05) is 12.1 Å². The van der Waals surface area contributed by atoms with Crippen LogP contribution in [-0.4, -0.2) is 50.3 Å². The molecule has 1 aromatic carbocycles. The predicted molar refractivity (Wildman–Crippen MR) is 85.5 cm³/mol. The number of benzene rings is 1. The minimum Gasteiger partial charge on any atom is -0.493 e. The molecule has 0 unspecified atom stereocenters. The highest BCUT2D eigenvalue weighted by molar-refractivity contribution is 5.78. The third-order valence-corrected chi connectivity index (χ3v) is 3.59. The minimum atomic E-state index is -0.298. The van der Waals surface area contributed by atoms with Gasteiger partial charge in [-0.05, 0) is 25.0 Å². The number of carbonyl (C=O) groups is 2. The molecule has 126 valence electrons. The Bertz CT molecular complexity index is 536. The maximum absolute atomic E-state index is 11.6. The van der Waals surface area contributed by atoms with Crippen molar-refractivity contribution in [3.05, 3.63) is 24.3 Å². The SMILES string of the molecule is COc1ccccc1OCNC(=O)NCCCN1CCCC1=O. The molecule has 3 amide bonds. The maximum atomic E-state index is 11.6. The first-order valence-electron chi connectivity index (χ1n) is 7.76. The summed E-state index contributed by atoms with van der Waals surface area (Å²) in [4.78, 5) is 24.9. The van der Waals surface area contributed by atoms with E-state index in [-0.39, 0.29) is 18.7 Å². The van der Waals surface area contributed by atoms with Gasteiger partial charge in [0.05, 0.1) is 7.11 Å². The summed E-state index contributed by atoms with van der Waals surface area (Å²) in [6.45, 7) is 2.09. The number of methoxy groups -OCH3 is 1. The number of rotatable bonds is 8. The van der Waals surface area contributed by atoms with Gasteiger partial charge in [0.2, 0.25) is 5.91 Å². The monoisotopic (exact) mass is 321 g/mol. The Hall–Kier alpha value is -2.44. The minimum absolute atomic E-state index is 0.0524. The molecule has 0 aromatic heterocycles. The van der Waals surface area contributed by atoms with Crippen LogP contribution in [-0.2, 0) is 4.79 Å². The lowest BCUT2D eigenvalue weighted by Crippen LogP contribution is -2.39. The maximum Gasteiger partial charge on any atom is 0.317 e. The summed E-state index contributed by atoms with van der Waals surface area (Å²) in [5.74, 6) is 1.40. The molecule has 0 aliphatic carbocycles. The van der Waals surface area contributed by atoms with Crippen molar-refractivity contribution < 1.29 is 19.1 Å². The van der Waals surface area contributed by atoms with Crippen LogP contribution in [0.15, 0.2) is 24.3 Å². The van der Waals surface area contributed by atoms with Gasteiger partial charge in [-0.2, -0.15) is 0 Å². The first-order chi connectivity index (χ1) is 11.2. The van der Waals surface area contributed by atoms with E-state index in [9.17, 15) is 9.59 Å². The van der Waals surface area contributed by atoms with Crippen LogP contribution in [0.4, 0.5) is 4.79 Å². The number of para-hydroxylation sites is 2. The van der Waals surface area contributed by atoms with Gasteiger partial charge in [0.25, 0.3) is 0 Å². The van der Waals surface area contributed by atoms with Gasteiger partial charge in [-0.15, -0.1) is 0 Å². The van der Waals surface area contributed by atoms with E-state index in [1.807, 2.05) is 17.0 Å². The van der Waals surface area contributed by atoms with Gasteiger partial charge in [0.15, 0.2) is 18.2 Å². The number of carbonyl (C=O) groups excluding carboxylic acids is 2. The summed E-state index contributed by atoms with van der Waals surface area (Å²) in [5.41, 5.74) is 0. The second-order valence-corrected chi connectivity index (χ2v) is 5.21. The molecule has 0 spiro atoms. The fourth-order valence-electron chi connectivity index (χ4n) is 2.39. The van der Waals surface area contributed by atoms with Crippen molar-refractivity contribution >= 4 is 11.9 Å². The number of nitrogens with zero attached hydrogens (tertiary/aromatic N) is 1. The van der Waals surface area contributed by atoms with E-state index in [2.05, 4.69) is 10.6 Å². The second-order valence-electron chi connectivity index (χ2n) is 5.21. The zero-order valence-electron chi connectivity index (χ0n) is 13.3. The quantitative estimate of drug-likeness (QED) is 0.559. The Morgan fingerprint density at radius 1 is 1.26 bits per heavy atom. The highest BCUT2D eigenvalue weighted by atomic mass is 16.5. The fourth-order valence-corrected chi connectivity index (χ4v) is 2.39. The van der Waals surface area contributed by atoms with Gasteiger partial charge >= 0.3 is 6.03 Å². The van der Waals surface area contributed by atoms with Crippen LogP contribution in [0.3, 0.4) is 0 Å². The molecular weight excluding hydrogens is 298 g/mol. The van der Waals surface area contributed by atoms with Crippen molar-refractivity contribution in [1.29, 1.82) is 0 Å². The van der Waals surface area contributed by atoms with Crippen LogP contribution in [0.5, 0.6) is 11.5 Å². The van der Waals surface area contributed by atoms with Gasteiger partial charge < -0.3 is 25.0 Å². The zero-order valence-corrected chi connectivity index (χ0v) is 13.3. The molecular formula is C16H23N3O4. The Morgan fingerprint density at radius 3 is 2.74 bits per heavy atom. The highest BCUT2D eigenvalue weighted by Crippen LogP contribution is 2.25. The Kier molecular flexibility index (Phi) is 6.53. The topological polar surface area (TPSA) is 79.9 Å². The van der Waals surface area contributed by atoms with Crippen LogP contribution in [0, 0.1) is 0 Å². The number of hydrogen-bond donors (Lipinski definition) is 2. The first kappa shape index (κ1) is 16.9. The van der Waals surface area contributed by atoms with E-state index >= 15 is 0 Å². The van der Waals surface area contributed by atoms with E-state index in [1.165, 1.54) is 0 Å². The molecule has 1 aliphatic heterocycles.